The van der Waals surface area contributed by atoms with Crippen molar-refractivity contribution < 1.29 is 13.9 Å². The molecule has 0 N–H and O–H groups in total. The maximum Gasteiger partial charge on any atom is 0.260 e. The van der Waals surface area contributed by atoms with Crippen LogP contribution in [0.4, 0.5) is 15.2 Å². The Morgan fingerprint density at radius 1 is 1.16 bits per heavy atom. The van der Waals surface area contributed by atoms with Crippen LogP contribution in [0.2, 0.25) is 0 Å². The number of nitrogens with zero attached hydrogens (tertiary/aromatic N) is 4. The second kappa shape index (κ2) is 10.4. The highest BCUT2D eigenvalue weighted by atomic mass is 35.5. The fourth-order valence-corrected chi connectivity index (χ4v) is 4.43. The molecule has 0 aliphatic carbocycles. The molecule has 3 aromatic rings. The summed E-state index contributed by atoms with van der Waals surface area (Å²) in [7, 11) is 3.92. The van der Waals surface area contributed by atoms with Gasteiger partial charge in [-0.3, -0.25) is 14.6 Å². The van der Waals surface area contributed by atoms with Gasteiger partial charge >= 0.3 is 0 Å². The first-order valence-corrected chi connectivity index (χ1v) is 10.8. The molecule has 2 heterocycles. The van der Waals surface area contributed by atoms with Crippen molar-refractivity contribution in [3.63, 3.8) is 0 Å². The van der Waals surface area contributed by atoms with Crippen LogP contribution in [-0.2, 0) is 4.74 Å². The molecule has 6 nitrogen and oxygen atoms in total. The van der Waals surface area contributed by atoms with Crippen LogP contribution in [0.3, 0.4) is 0 Å². The van der Waals surface area contributed by atoms with Crippen molar-refractivity contribution >= 4 is 50.7 Å². The molecule has 0 spiro atoms. The monoisotopic (exact) mass is 464 g/mol. The third kappa shape index (κ3) is 5.33. The van der Waals surface area contributed by atoms with Gasteiger partial charge in [0.25, 0.3) is 5.91 Å². The van der Waals surface area contributed by atoms with Gasteiger partial charge in [0.15, 0.2) is 5.13 Å². The molecular weight excluding hydrogens is 439 g/mol. The van der Waals surface area contributed by atoms with Gasteiger partial charge in [-0.05, 0) is 36.4 Å². The molecule has 1 aliphatic rings. The summed E-state index contributed by atoms with van der Waals surface area (Å²) in [5, 5.41) is 0.519. The van der Waals surface area contributed by atoms with Gasteiger partial charge in [0.2, 0.25) is 0 Å². The van der Waals surface area contributed by atoms with Gasteiger partial charge in [-0.2, -0.15) is 0 Å². The van der Waals surface area contributed by atoms with E-state index >= 15 is 0 Å². The van der Waals surface area contributed by atoms with Gasteiger partial charge in [0.1, 0.15) is 11.3 Å². The van der Waals surface area contributed by atoms with Gasteiger partial charge < -0.3 is 9.64 Å². The summed E-state index contributed by atoms with van der Waals surface area (Å²) in [6.07, 6.45) is 0. The van der Waals surface area contributed by atoms with Crippen molar-refractivity contribution in [3.8, 4) is 0 Å². The molecule has 1 aliphatic heterocycles. The quantitative estimate of drug-likeness (QED) is 0.553. The van der Waals surface area contributed by atoms with Crippen molar-refractivity contribution in [2.24, 2.45) is 0 Å². The van der Waals surface area contributed by atoms with E-state index < -0.39 is 0 Å². The first kappa shape index (κ1) is 23.4. The van der Waals surface area contributed by atoms with E-state index in [1.165, 1.54) is 17.4 Å². The topological polar surface area (TPSA) is 48.9 Å². The normalized spacial score (nSPS) is 14.3. The number of para-hydroxylation sites is 1. The number of thiazole rings is 1. The van der Waals surface area contributed by atoms with Crippen LogP contribution in [0, 0.1) is 5.82 Å². The molecule has 0 bridgehead atoms. The van der Waals surface area contributed by atoms with Gasteiger partial charge in [0.05, 0.1) is 17.9 Å². The van der Waals surface area contributed by atoms with E-state index in [-0.39, 0.29) is 24.1 Å². The summed E-state index contributed by atoms with van der Waals surface area (Å²) in [4.78, 5) is 23.8. The van der Waals surface area contributed by atoms with E-state index in [2.05, 4.69) is 9.88 Å². The Kier molecular flexibility index (Phi) is 7.83. The maximum absolute atomic E-state index is 14.2. The molecular formula is C22H26ClFN4O2S. The number of hydrogen-bond acceptors (Lipinski definition) is 6. The minimum atomic E-state index is -0.370. The summed E-state index contributed by atoms with van der Waals surface area (Å²) in [6.45, 7) is 4.28. The summed E-state index contributed by atoms with van der Waals surface area (Å²) in [5.41, 5.74) is 1.92. The lowest BCUT2D eigenvalue weighted by atomic mass is 10.1. The smallest absolute Gasteiger partial charge is 0.260 e. The molecule has 1 fully saturated rings. The molecule has 0 unspecified atom stereocenters. The summed E-state index contributed by atoms with van der Waals surface area (Å²) in [6, 6.07) is 12.4. The fraction of sp³-hybridized carbons (Fsp3) is 0.364. The largest absolute Gasteiger partial charge is 0.379 e. The number of hydrogen-bond donors (Lipinski definition) is 0. The molecule has 1 aromatic heterocycles. The van der Waals surface area contributed by atoms with Gasteiger partial charge in [-0.1, -0.05) is 17.4 Å². The highest BCUT2D eigenvalue weighted by Gasteiger charge is 2.23. The van der Waals surface area contributed by atoms with Crippen molar-refractivity contribution in [2.75, 3.05) is 63.3 Å². The summed E-state index contributed by atoms with van der Waals surface area (Å²) in [5.74, 6) is -0.501. The number of rotatable bonds is 6. The number of carbonyl (C=O) groups excluding carboxylic acids is 1. The minimum absolute atomic E-state index is 0. The molecule has 1 amide bonds. The molecule has 166 valence electrons. The number of aromatic nitrogens is 1. The Hall–Kier alpha value is -2.26. The van der Waals surface area contributed by atoms with Gasteiger partial charge in [0, 0.05) is 51.5 Å². The molecule has 0 radical (unpaired) electrons. The van der Waals surface area contributed by atoms with E-state index in [9.17, 15) is 9.18 Å². The Labute approximate surface area is 191 Å². The van der Waals surface area contributed by atoms with E-state index in [0.29, 0.717) is 42.5 Å². The zero-order valence-electron chi connectivity index (χ0n) is 17.6. The average Bonchev–Trinajstić information content (AvgIpc) is 3.20. The van der Waals surface area contributed by atoms with Crippen LogP contribution in [0.1, 0.15) is 10.4 Å². The zero-order valence-corrected chi connectivity index (χ0v) is 19.2. The van der Waals surface area contributed by atoms with E-state index in [0.717, 1.165) is 23.5 Å². The van der Waals surface area contributed by atoms with Crippen molar-refractivity contribution in [2.45, 2.75) is 0 Å². The van der Waals surface area contributed by atoms with Crippen LogP contribution in [0.25, 0.3) is 10.2 Å². The third-order valence-electron chi connectivity index (χ3n) is 5.21. The van der Waals surface area contributed by atoms with Crippen molar-refractivity contribution in [1.82, 2.24) is 9.88 Å². The summed E-state index contributed by atoms with van der Waals surface area (Å²) < 4.78 is 20.3. The molecule has 0 atom stereocenters. The van der Waals surface area contributed by atoms with Crippen LogP contribution in [-0.4, -0.2) is 69.3 Å². The molecule has 9 heteroatoms. The van der Waals surface area contributed by atoms with Crippen LogP contribution >= 0.6 is 23.7 Å². The number of morpholine rings is 1. The number of halogens is 2. The highest BCUT2D eigenvalue weighted by molar-refractivity contribution is 7.22. The number of ether oxygens (including phenoxy) is 1. The van der Waals surface area contributed by atoms with E-state index in [1.54, 1.807) is 11.0 Å². The molecule has 1 saturated heterocycles. The van der Waals surface area contributed by atoms with Crippen molar-refractivity contribution in [3.05, 3.63) is 53.8 Å². The second-order valence-corrected chi connectivity index (χ2v) is 8.44. The lowest BCUT2D eigenvalue weighted by Crippen LogP contribution is -2.43. The van der Waals surface area contributed by atoms with Crippen molar-refractivity contribution in [1.29, 1.82) is 0 Å². The SMILES string of the molecule is CN(C)c1ccc(C(=O)N(CCN2CCOCC2)c2nc3c(F)cccc3s2)cc1.Cl. The predicted octanol–water partition coefficient (Wildman–Crippen LogP) is 3.90. The number of amides is 1. The van der Waals surface area contributed by atoms with Gasteiger partial charge in [-0.25, -0.2) is 9.37 Å². The Balaban J connectivity index is 0.00000272. The Morgan fingerprint density at radius 2 is 1.87 bits per heavy atom. The highest BCUT2D eigenvalue weighted by Crippen LogP contribution is 2.31. The van der Waals surface area contributed by atoms with Crippen LogP contribution in [0.15, 0.2) is 42.5 Å². The summed E-state index contributed by atoms with van der Waals surface area (Å²) >= 11 is 1.34. The molecule has 31 heavy (non-hydrogen) atoms. The number of anilines is 2. The van der Waals surface area contributed by atoms with Crippen LogP contribution < -0.4 is 9.80 Å². The third-order valence-corrected chi connectivity index (χ3v) is 6.25. The Bertz CT molecular complexity index is 1020. The standard InChI is InChI=1S/C22H25FN4O2S.ClH/c1-25(2)17-8-6-16(7-9-17)21(28)27(11-10-26-12-14-29-15-13-26)22-24-20-18(23)4-3-5-19(20)30-22;/h3-9H,10-15H2,1-2H3;1H. The lowest BCUT2D eigenvalue weighted by molar-refractivity contribution is 0.0391. The van der Waals surface area contributed by atoms with Crippen LogP contribution in [0.5, 0.6) is 0 Å². The predicted molar refractivity (Wildman–Crippen MR) is 127 cm³/mol. The molecule has 0 saturated carbocycles. The van der Waals surface area contributed by atoms with E-state index in [1.807, 2.05) is 49.3 Å². The fourth-order valence-electron chi connectivity index (χ4n) is 3.43. The number of benzene rings is 2. The average molecular weight is 465 g/mol. The minimum Gasteiger partial charge on any atom is -0.379 e. The first-order valence-electron chi connectivity index (χ1n) is 9.97. The second-order valence-electron chi connectivity index (χ2n) is 7.44. The molecule has 4 rings (SSSR count). The maximum atomic E-state index is 14.2. The zero-order chi connectivity index (χ0) is 21.1. The number of fused-ring (bicyclic) bond motifs is 1. The Morgan fingerprint density at radius 3 is 2.52 bits per heavy atom. The van der Waals surface area contributed by atoms with E-state index in [4.69, 9.17) is 4.74 Å². The lowest BCUT2D eigenvalue weighted by Gasteiger charge is -2.29. The van der Waals surface area contributed by atoms with Gasteiger partial charge in [-0.15, -0.1) is 12.4 Å². The first-order chi connectivity index (χ1) is 14.5. The molecule has 2 aromatic carbocycles. The number of carbonyl (C=O) groups is 1.